The van der Waals surface area contributed by atoms with Crippen molar-refractivity contribution in [3.05, 3.63) is 71.8 Å². The summed E-state index contributed by atoms with van der Waals surface area (Å²) >= 11 is 0. The van der Waals surface area contributed by atoms with Crippen LogP contribution in [0.4, 0.5) is 0 Å². The van der Waals surface area contributed by atoms with E-state index in [1.54, 1.807) is 0 Å². The minimum absolute atomic E-state index is 0. The van der Waals surface area contributed by atoms with Crippen LogP contribution in [0.15, 0.2) is 60.7 Å². The monoisotopic (exact) mass is 254 g/mol. The van der Waals surface area contributed by atoms with Crippen LogP contribution in [-0.2, 0) is 0 Å². The second kappa shape index (κ2) is 6.20. The zero-order chi connectivity index (χ0) is 11.5. The fourth-order valence-corrected chi connectivity index (χ4v) is 4.56. The number of rotatable bonds is 2. The summed E-state index contributed by atoms with van der Waals surface area (Å²) in [6.45, 7) is 0. The highest BCUT2D eigenvalue weighted by molar-refractivity contribution is 7.39. The zero-order valence-corrected chi connectivity index (χ0v) is 10.8. The first-order valence-corrected chi connectivity index (χ1v) is 7.45. The van der Waals surface area contributed by atoms with Crippen molar-refractivity contribution < 1.29 is 0 Å². The standard InChI is InChI=1S/C16H17P.BH3/c1-3-7-13(8-4-1)15-11-12-16(17-15)14-9-5-2-6-10-14;/h1-10,15-17H,11-12H2;1H3/t15-,16-;/m0./s1. The van der Waals surface area contributed by atoms with Gasteiger partial charge in [0.1, 0.15) is 0 Å². The van der Waals surface area contributed by atoms with Crippen LogP contribution in [0.2, 0.25) is 0 Å². The Kier molecular flexibility index (Phi) is 4.61. The third-order valence-electron chi connectivity index (χ3n) is 3.55. The molecule has 1 saturated heterocycles. The summed E-state index contributed by atoms with van der Waals surface area (Å²) in [4.78, 5) is 0. The van der Waals surface area contributed by atoms with Gasteiger partial charge in [0.25, 0.3) is 0 Å². The van der Waals surface area contributed by atoms with Gasteiger partial charge < -0.3 is 0 Å². The van der Waals surface area contributed by atoms with Gasteiger partial charge in [0.2, 0.25) is 0 Å². The van der Waals surface area contributed by atoms with E-state index in [9.17, 15) is 0 Å². The van der Waals surface area contributed by atoms with Crippen LogP contribution >= 0.6 is 8.58 Å². The van der Waals surface area contributed by atoms with E-state index in [-0.39, 0.29) is 8.41 Å². The highest BCUT2D eigenvalue weighted by atomic mass is 31.1. The molecule has 2 aromatic rings. The minimum Gasteiger partial charge on any atom is -0.107 e. The van der Waals surface area contributed by atoms with Gasteiger partial charge in [-0.25, -0.2) is 0 Å². The molecule has 0 saturated carbocycles. The number of hydrogen-bond donors (Lipinski definition) is 0. The van der Waals surface area contributed by atoms with E-state index in [0.29, 0.717) is 0 Å². The third kappa shape index (κ3) is 2.84. The van der Waals surface area contributed by atoms with E-state index < -0.39 is 0 Å². The summed E-state index contributed by atoms with van der Waals surface area (Å²) in [7, 11) is 1.05. The third-order valence-corrected chi connectivity index (χ3v) is 5.60. The van der Waals surface area contributed by atoms with Crippen molar-refractivity contribution in [2.24, 2.45) is 0 Å². The Morgan fingerprint density at radius 3 is 1.44 bits per heavy atom. The van der Waals surface area contributed by atoms with E-state index in [2.05, 4.69) is 60.7 Å². The second-order valence-electron chi connectivity index (χ2n) is 4.67. The molecule has 2 heteroatoms. The van der Waals surface area contributed by atoms with Gasteiger partial charge in [-0.3, -0.25) is 0 Å². The molecule has 0 N–H and O–H groups in total. The van der Waals surface area contributed by atoms with E-state index in [1.165, 1.54) is 24.0 Å². The maximum atomic E-state index is 2.28. The largest absolute Gasteiger partial charge is 0.107 e. The fraction of sp³-hybridized carbons (Fsp3) is 0.250. The van der Waals surface area contributed by atoms with Crippen LogP contribution < -0.4 is 0 Å². The number of benzene rings is 2. The van der Waals surface area contributed by atoms with Crippen LogP contribution in [0.3, 0.4) is 0 Å². The summed E-state index contributed by atoms with van der Waals surface area (Å²) in [6.07, 6.45) is 2.70. The molecule has 1 aliphatic rings. The molecule has 92 valence electrons. The Morgan fingerprint density at radius 2 is 1.06 bits per heavy atom. The van der Waals surface area contributed by atoms with Gasteiger partial charge in [-0.15, -0.1) is 8.58 Å². The topological polar surface area (TPSA) is 0 Å². The van der Waals surface area contributed by atoms with E-state index in [4.69, 9.17) is 0 Å². The Labute approximate surface area is 113 Å². The van der Waals surface area contributed by atoms with E-state index in [1.807, 2.05) is 0 Å². The molecule has 0 aliphatic carbocycles. The molecule has 0 bridgehead atoms. The van der Waals surface area contributed by atoms with Crippen molar-refractivity contribution in [2.45, 2.75) is 24.2 Å². The van der Waals surface area contributed by atoms with Crippen LogP contribution in [0.5, 0.6) is 0 Å². The van der Waals surface area contributed by atoms with Gasteiger partial charge in [-0.2, -0.15) is 0 Å². The molecule has 0 unspecified atom stereocenters. The molecule has 0 radical (unpaired) electrons. The van der Waals surface area contributed by atoms with E-state index >= 15 is 0 Å². The van der Waals surface area contributed by atoms with Crippen molar-refractivity contribution in [3.8, 4) is 0 Å². The SMILES string of the molecule is B.c1ccc([C@@H]2CC[C@@H](c3ccccc3)P2)cc1. The predicted molar refractivity (Wildman–Crippen MR) is 85.9 cm³/mol. The lowest BCUT2D eigenvalue weighted by Gasteiger charge is -2.12. The Hall–Kier alpha value is -1.07. The first kappa shape index (κ1) is 13.4. The highest BCUT2D eigenvalue weighted by Crippen LogP contribution is 2.57. The lowest BCUT2D eigenvalue weighted by molar-refractivity contribution is 0.765. The fourth-order valence-electron chi connectivity index (χ4n) is 2.64. The van der Waals surface area contributed by atoms with Gasteiger partial charge in [0.05, 0.1) is 8.41 Å². The Morgan fingerprint density at radius 1 is 0.667 bits per heavy atom. The minimum atomic E-state index is 0. The quantitative estimate of drug-likeness (QED) is 0.565. The van der Waals surface area contributed by atoms with Gasteiger partial charge >= 0.3 is 0 Å². The maximum Gasteiger partial charge on any atom is 0.0814 e. The highest BCUT2D eigenvalue weighted by Gasteiger charge is 2.26. The molecule has 1 aliphatic heterocycles. The van der Waals surface area contributed by atoms with Crippen molar-refractivity contribution in [1.29, 1.82) is 0 Å². The first-order valence-electron chi connectivity index (χ1n) is 6.29. The molecule has 0 aromatic heterocycles. The molecule has 2 aromatic carbocycles. The summed E-state index contributed by atoms with van der Waals surface area (Å²) in [6, 6.07) is 22.0. The van der Waals surface area contributed by atoms with Crippen LogP contribution in [-0.4, -0.2) is 8.41 Å². The first-order chi connectivity index (χ1) is 8.43. The summed E-state index contributed by atoms with van der Waals surface area (Å²) in [5, 5.41) is 0. The molecule has 0 nitrogen and oxygen atoms in total. The Balaban J connectivity index is 0.00000120. The molecule has 18 heavy (non-hydrogen) atoms. The number of hydrogen-bond acceptors (Lipinski definition) is 0. The van der Waals surface area contributed by atoms with Gasteiger partial charge in [-0.1, -0.05) is 60.7 Å². The molecule has 2 atom stereocenters. The lowest BCUT2D eigenvalue weighted by atomic mass is 10.0. The van der Waals surface area contributed by atoms with Crippen LogP contribution in [0.25, 0.3) is 0 Å². The normalized spacial score (nSPS) is 22.4. The van der Waals surface area contributed by atoms with Gasteiger partial charge in [0, 0.05) is 11.3 Å². The predicted octanol–water partition coefficient (Wildman–Crippen LogP) is 3.76. The Bertz CT molecular complexity index is 423. The van der Waals surface area contributed by atoms with Crippen LogP contribution in [0.1, 0.15) is 35.3 Å². The second-order valence-corrected chi connectivity index (χ2v) is 6.40. The molecule has 3 rings (SSSR count). The van der Waals surface area contributed by atoms with Crippen molar-refractivity contribution in [1.82, 2.24) is 0 Å². The van der Waals surface area contributed by atoms with Crippen LogP contribution in [0, 0.1) is 0 Å². The zero-order valence-electron chi connectivity index (χ0n) is 9.84. The van der Waals surface area contributed by atoms with Crippen molar-refractivity contribution >= 4 is 17.0 Å². The van der Waals surface area contributed by atoms with Crippen molar-refractivity contribution in [2.75, 3.05) is 0 Å². The summed E-state index contributed by atoms with van der Waals surface area (Å²) < 4.78 is 0. The van der Waals surface area contributed by atoms with Crippen molar-refractivity contribution in [3.63, 3.8) is 0 Å². The lowest BCUT2D eigenvalue weighted by Crippen LogP contribution is -1.85. The average molecular weight is 254 g/mol. The molecular formula is C16H20BP. The van der Waals surface area contributed by atoms with E-state index in [0.717, 1.165) is 19.9 Å². The molecule has 1 fully saturated rings. The van der Waals surface area contributed by atoms with Gasteiger partial charge in [0.15, 0.2) is 0 Å². The molecular weight excluding hydrogens is 234 g/mol. The molecule has 1 heterocycles. The molecule has 0 amide bonds. The van der Waals surface area contributed by atoms with Gasteiger partial charge in [-0.05, 0) is 24.0 Å². The average Bonchev–Trinajstić information content (AvgIpc) is 2.90. The molecule has 0 spiro atoms. The summed E-state index contributed by atoms with van der Waals surface area (Å²) in [5.74, 6) is 0. The maximum absolute atomic E-state index is 2.28. The summed E-state index contributed by atoms with van der Waals surface area (Å²) in [5.41, 5.74) is 4.65. The smallest absolute Gasteiger partial charge is 0.0814 e.